The van der Waals surface area contributed by atoms with Gasteiger partial charge in [-0.2, -0.15) is 0 Å². The van der Waals surface area contributed by atoms with Crippen LogP contribution >= 0.6 is 0 Å². The van der Waals surface area contributed by atoms with Gasteiger partial charge in [0.05, 0.1) is 17.8 Å². The molecule has 2 rings (SSSR count). The van der Waals surface area contributed by atoms with Gasteiger partial charge < -0.3 is 9.84 Å². The number of rotatable bonds is 0. The minimum atomic E-state index is -0.479. The molecule has 0 aromatic carbocycles. The molecule has 2 nitrogen and oxygen atoms in total. The van der Waals surface area contributed by atoms with Gasteiger partial charge in [-0.1, -0.05) is 20.8 Å². The summed E-state index contributed by atoms with van der Waals surface area (Å²) in [7, 11) is 0. The SMILES string of the molecule is CC(C)(C)C1(O)CC2(CCO2)C1. The summed E-state index contributed by atoms with van der Waals surface area (Å²) in [5.41, 5.74) is -0.396. The topological polar surface area (TPSA) is 29.5 Å². The summed E-state index contributed by atoms with van der Waals surface area (Å²) in [6.07, 6.45) is 2.82. The molecule has 2 heteroatoms. The van der Waals surface area contributed by atoms with E-state index in [-0.39, 0.29) is 11.0 Å². The first kappa shape index (κ1) is 8.52. The van der Waals surface area contributed by atoms with Gasteiger partial charge in [-0.05, 0) is 11.8 Å². The first-order valence-corrected chi connectivity index (χ1v) is 4.73. The van der Waals surface area contributed by atoms with Gasteiger partial charge in [0, 0.05) is 12.8 Å². The van der Waals surface area contributed by atoms with Crippen molar-refractivity contribution >= 4 is 0 Å². The van der Waals surface area contributed by atoms with Crippen LogP contribution in [-0.2, 0) is 4.74 Å². The highest BCUT2D eigenvalue weighted by atomic mass is 16.5. The lowest BCUT2D eigenvalue weighted by Gasteiger charge is -2.62. The molecule has 1 saturated heterocycles. The average Bonchev–Trinajstić information content (AvgIpc) is 1.73. The molecule has 12 heavy (non-hydrogen) atoms. The van der Waals surface area contributed by atoms with Crippen LogP contribution in [0, 0.1) is 5.41 Å². The highest BCUT2D eigenvalue weighted by molar-refractivity contribution is 5.13. The zero-order valence-corrected chi connectivity index (χ0v) is 8.18. The number of hydrogen-bond donors (Lipinski definition) is 1. The van der Waals surface area contributed by atoms with E-state index < -0.39 is 5.60 Å². The first-order chi connectivity index (χ1) is 5.37. The van der Waals surface area contributed by atoms with Gasteiger partial charge in [0.1, 0.15) is 0 Å². The molecule has 1 heterocycles. The van der Waals surface area contributed by atoms with Crippen LogP contribution in [0.4, 0.5) is 0 Å². The summed E-state index contributed by atoms with van der Waals surface area (Å²) < 4.78 is 5.48. The van der Waals surface area contributed by atoms with Crippen molar-refractivity contribution in [2.24, 2.45) is 5.41 Å². The quantitative estimate of drug-likeness (QED) is 0.599. The molecule has 0 atom stereocenters. The smallest absolute Gasteiger partial charge is 0.0759 e. The van der Waals surface area contributed by atoms with Gasteiger partial charge in [0.2, 0.25) is 0 Å². The van der Waals surface area contributed by atoms with E-state index in [0.29, 0.717) is 0 Å². The summed E-state index contributed by atoms with van der Waals surface area (Å²) in [6.45, 7) is 7.18. The molecule has 0 aromatic heterocycles. The number of hydrogen-bond acceptors (Lipinski definition) is 2. The summed E-state index contributed by atoms with van der Waals surface area (Å²) in [5.74, 6) is 0. The molecule has 1 N–H and O–H groups in total. The van der Waals surface area contributed by atoms with Gasteiger partial charge in [0.25, 0.3) is 0 Å². The van der Waals surface area contributed by atoms with Crippen LogP contribution < -0.4 is 0 Å². The molecular weight excluding hydrogens is 152 g/mol. The van der Waals surface area contributed by atoms with Gasteiger partial charge >= 0.3 is 0 Å². The van der Waals surface area contributed by atoms with Crippen molar-refractivity contribution in [2.75, 3.05) is 6.61 Å². The van der Waals surface area contributed by atoms with Crippen LogP contribution in [0.1, 0.15) is 40.0 Å². The summed E-state index contributed by atoms with van der Waals surface area (Å²) >= 11 is 0. The molecule has 0 radical (unpaired) electrons. The van der Waals surface area contributed by atoms with Crippen LogP contribution in [0.3, 0.4) is 0 Å². The van der Waals surface area contributed by atoms with Crippen molar-refractivity contribution < 1.29 is 9.84 Å². The Bertz CT molecular complexity index is 190. The monoisotopic (exact) mass is 170 g/mol. The van der Waals surface area contributed by atoms with E-state index in [1.54, 1.807) is 0 Å². The third kappa shape index (κ3) is 0.944. The largest absolute Gasteiger partial charge is 0.389 e. The Morgan fingerprint density at radius 2 is 1.75 bits per heavy atom. The van der Waals surface area contributed by atoms with Gasteiger partial charge in [-0.3, -0.25) is 0 Å². The molecule has 0 bridgehead atoms. The predicted molar refractivity (Wildman–Crippen MR) is 46.9 cm³/mol. The minimum absolute atomic E-state index is 0.00278. The Hall–Kier alpha value is -0.0800. The highest BCUT2D eigenvalue weighted by Crippen LogP contribution is 2.57. The Balaban J connectivity index is 2.01. The lowest BCUT2D eigenvalue weighted by atomic mass is 9.54. The van der Waals surface area contributed by atoms with Crippen LogP contribution in [-0.4, -0.2) is 22.9 Å². The molecule has 0 amide bonds. The van der Waals surface area contributed by atoms with Crippen LogP contribution in [0.2, 0.25) is 0 Å². The van der Waals surface area contributed by atoms with Crippen molar-refractivity contribution in [3.8, 4) is 0 Å². The van der Waals surface area contributed by atoms with E-state index in [1.165, 1.54) is 0 Å². The second-order valence-corrected chi connectivity index (χ2v) is 5.42. The van der Waals surface area contributed by atoms with Crippen molar-refractivity contribution in [1.82, 2.24) is 0 Å². The minimum Gasteiger partial charge on any atom is -0.389 e. The molecule has 0 aromatic rings. The maximum absolute atomic E-state index is 10.2. The molecular formula is C10H18O2. The summed E-state index contributed by atoms with van der Waals surface area (Å²) in [6, 6.07) is 0. The highest BCUT2D eigenvalue weighted by Gasteiger charge is 2.62. The fourth-order valence-corrected chi connectivity index (χ4v) is 2.21. The second-order valence-electron chi connectivity index (χ2n) is 5.42. The number of ether oxygens (including phenoxy) is 1. The zero-order valence-electron chi connectivity index (χ0n) is 8.18. The first-order valence-electron chi connectivity index (χ1n) is 4.73. The van der Waals surface area contributed by atoms with E-state index in [2.05, 4.69) is 20.8 Å². The fourth-order valence-electron chi connectivity index (χ4n) is 2.21. The van der Waals surface area contributed by atoms with Crippen molar-refractivity contribution in [2.45, 2.75) is 51.2 Å². The molecule has 0 unspecified atom stereocenters. The Kier molecular flexibility index (Phi) is 1.45. The normalized spacial score (nSPS) is 47.0. The van der Waals surface area contributed by atoms with Gasteiger partial charge in [-0.25, -0.2) is 0 Å². The van der Waals surface area contributed by atoms with E-state index in [1.807, 2.05) is 0 Å². The average molecular weight is 170 g/mol. The molecule has 1 saturated carbocycles. The van der Waals surface area contributed by atoms with Gasteiger partial charge in [0.15, 0.2) is 0 Å². The maximum atomic E-state index is 10.2. The molecule has 2 fully saturated rings. The molecule has 1 spiro atoms. The lowest BCUT2D eigenvalue weighted by molar-refractivity contribution is -0.292. The standard InChI is InChI=1S/C10H18O2/c1-8(2,3)10(11)6-9(7-10)4-5-12-9/h11H,4-7H2,1-3H3. The van der Waals surface area contributed by atoms with Crippen molar-refractivity contribution in [1.29, 1.82) is 0 Å². The Morgan fingerprint density at radius 3 is 2.00 bits per heavy atom. The molecule has 1 aliphatic carbocycles. The zero-order chi connectivity index (χ0) is 9.04. The van der Waals surface area contributed by atoms with Crippen LogP contribution in [0.15, 0.2) is 0 Å². The summed E-state index contributed by atoms with van der Waals surface area (Å²) in [5, 5.41) is 10.2. The fraction of sp³-hybridized carbons (Fsp3) is 1.00. The van der Waals surface area contributed by atoms with E-state index in [0.717, 1.165) is 25.9 Å². The van der Waals surface area contributed by atoms with Crippen molar-refractivity contribution in [3.05, 3.63) is 0 Å². The van der Waals surface area contributed by atoms with Gasteiger partial charge in [-0.15, -0.1) is 0 Å². The van der Waals surface area contributed by atoms with Crippen LogP contribution in [0.25, 0.3) is 0 Å². The molecule has 2 aliphatic rings. The van der Waals surface area contributed by atoms with E-state index >= 15 is 0 Å². The van der Waals surface area contributed by atoms with E-state index in [9.17, 15) is 5.11 Å². The molecule has 70 valence electrons. The van der Waals surface area contributed by atoms with Crippen LogP contribution in [0.5, 0.6) is 0 Å². The number of aliphatic hydroxyl groups is 1. The molecule has 1 aliphatic heterocycles. The Labute approximate surface area is 73.9 Å². The maximum Gasteiger partial charge on any atom is 0.0759 e. The lowest BCUT2D eigenvalue weighted by Crippen LogP contribution is -2.67. The Morgan fingerprint density at radius 1 is 1.25 bits per heavy atom. The van der Waals surface area contributed by atoms with Crippen molar-refractivity contribution in [3.63, 3.8) is 0 Å². The summed E-state index contributed by atoms with van der Waals surface area (Å²) in [4.78, 5) is 0. The predicted octanol–water partition coefficient (Wildman–Crippen LogP) is 1.72. The third-order valence-electron chi connectivity index (χ3n) is 3.59. The second kappa shape index (κ2) is 2.05. The third-order valence-corrected chi connectivity index (χ3v) is 3.59. The van der Waals surface area contributed by atoms with E-state index in [4.69, 9.17) is 4.74 Å².